The summed E-state index contributed by atoms with van der Waals surface area (Å²) < 4.78 is 5.82. The van der Waals surface area contributed by atoms with Gasteiger partial charge in [-0.05, 0) is 27.9 Å². The predicted octanol–water partition coefficient (Wildman–Crippen LogP) is 2.87. The lowest BCUT2D eigenvalue weighted by Crippen LogP contribution is -2.26. The lowest BCUT2D eigenvalue weighted by Gasteiger charge is -2.23. The first-order valence-corrected chi connectivity index (χ1v) is 6.00. The normalized spacial score (nSPS) is 15.6. The molecule has 0 saturated heterocycles. The average molecular weight is 277 g/mol. The zero-order valence-corrected chi connectivity index (χ0v) is 10.6. The average Bonchev–Trinajstić information content (AvgIpc) is 2.65. The Morgan fingerprint density at radius 1 is 1.33 bits per heavy atom. The van der Waals surface area contributed by atoms with Crippen molar-refractivity contribution in [2.45, 2.75) is 38.9 Å². The van der Waals surface area contributed by atoms with Gasteiger partial charge in [0.2, 0.25) is 0 Å². The Bertz CT molecular complexity index is 294. The molecular weight excluding hydrogens is 260 g/mol. The van der Waals surface area contributed by atoms with Crippen LogP contribution >= 0.6 is 15.9 Å². The summed E-state index contributed by atoms with van der Waals surface area (Å²) in [6, 6.07) is 1.71. The molecule has 1 aromatic heterocycles. The van der Waals surface area contributed by atoms with E-state index in [0.717, 1.165) is 12.8 Å². The van der Waals surface area contributed by atoms with E-state index in [9.17, 15) is 10.2 Å². The SMILES string of the molecule is CCC(CC)C(O)C(O)c1occc1Br. The van der Waals surface area contributed by atoms with Crippen LogP contribution in [0.5, 0.6) is 0 Å². The molecule has 15 heavy (non-hydrogen) atoms. The highest BCUT2D eigenvalue weighted by molar-refractivity contribution is 9.10. The van der Waals surface area contributed by atoms with Gasteiger partial charge in [0, 0.05) is 0 Å². The lowest BCUT2D eigenvalue weighted by molar-refractivity contribution is -0.0315. The van der Waals surface area contributed by atoms with E-state index in [0.29, 0.717) is 10.2 Å². The Morgan fingerprint density at radius 2 is 1.93 bits per heavy atom. The summed E-state index contributed by atoms with van der Waals surface area (Å²) >= 11 is 3.26. The molecular formula is C11H17BrO3. The molecule has 1 aromatic rings. The third-order valence-electron chi connectivity index (χ3n) is 2.77. The molecule has 3 nitrogen and oxygen atoms in total. The maximum absolute atomic E-state index is 9.94. The van der Waals surface area contributed by atoms with Crippen molar-refractivity contribution in [1.29, 1.82) is 0 Å². The standard InChI is InChI=1S/C11H17BrO3/c1-3-7(4-2)9(13)10(14)11-8(12)5-6-15-11/h5-7,9-10,13-14H,3-4H2,1-2H3. The lowest BCUT2D eigenvalue weighted by atomic mass is 9.92. The molecule has 0 bridgehead atoms. The van der Waals surface area contributed by atoms with Gasteiger partial charge in [-0.25, -0.2) is 0 Å². The molecule has 0 saturated carbocycles. The van der Waals surface area contributed by atoms with Crippen LogP contribution in [0.15, 0.2) is 21.2 Å². The number of hydrogen-bond acceptors (Lipinski definition) is 3. The number of aliphatic hydroxyl groups excluding tert-OH is 2. The van der Waals surface area contributed by atoms with Crippen LogP contribution in [0.2, 0.25) is 0 Å². The van der Waals surface area contributed by atoms with Gasteiger partial charge in [-0.2, -0.15) is 0 Å². The minimum absolute atomic E-state index is 0.0944. The van der Waals surface area contributed by atoms with E-state index in [-0.39, 0.29) is 5.92 Å². The molecule has 1 heterocycles. The molecule has 4 heteroatoms. The summed E-state index contributed by atoms with van der Waals surface area (Å²) in [6.07, 6.45) is 1.43. The van der Waals surface area contributed by atoms with E-state index in [2.05, 4.69) is 15.9 Å². The summed E-state index contributed by atoms with van der Waals surface area (Å²) in [5.41, 5.74) is 0. The van der Waals surface area contributed by atoms with Crippen LogP contribution in [0.3, 0.4) is 0 Å². The predicted molar refractivity (Wildman–Crippen MR) is 61.4 cm³/mol. The van der Waals surface area contributed by atoms with Gasteiger partial charge in [0.05, 0.1) is 16.8 Å². The molecule has 0 aliphatic carbocycles. The van der Waals surface area contributed by atoms with Crippen LogP contribution in [0.25, 0.3) is 0 Å². The van der Waals surface area contributed by atoms with E-state index >= 15 is 0 Å². The summed E-state index contributed by atoms with van der Waals surface area (Å²) in [5, 5.41) is 19.9. The largest absolute Gasteiger partial charge is 0.465 e. The molecule has 2 N–H and O–H groups in total. The van der Waals surface area contributed by atoms with E-state index < -0.39 is 12.2 Å². The van der Waals surface area contributed by atoms with Gasteiger partial charge in [0.15, 0.2) is 0 Å². The van der Waals surface area contributed by atoms with Crippen molar-refractivity contribution < 1.29 is 14.6 Å². The number of hydrogen-bond donors (Lipinski definition) is 2. The smallest absolute Gasteiger partial charge is 0.149 e. The van der Waals surface area contributed by atoms with Crippen LogP contribution in [0, 0.1) is 5.92 Å². The van der Waals surface area contributed by atoms with Crippen LogP contribution in [0.4, 0.5) is 0 Å². The number of aliphatic hydroxyl groups is 2. The quantitative estimate of drug-likeness (QED) is 0.870. The second-order valence-corrected chi connectivity index (χ2v) is 4.50. The summed E-state index contributed by atoms with van der Waals surface area (Å²) in [5.74, 6) is 0.492. The Balaban J connectivity index is 2.76. The van der Waals surface area contributed by atoms with Crippen molar-refractivity contribution in [3.05, 3.63) is 22.6 Å². The Morgan fingerprint density at radius 3 is 2.33 bits per heavy atom. The zero-order chi connectivity index (χ0) is 11.4. The van der Waals surface area contributed by atoms with Crippen molar-refractivity contribution in [3.63, 3.8) is 0 Å². The van der Waals surface area contributed by atoms with Crippen molar-refractivity contribution in [1.82, 2.24) is 0 Å². The second-order valence-electron chi connectivity index (χ2n) is 3.64. The maximum Gasteiger partial charge on any atom is 0.149 e. The third kappa shape index (κ3) is 2.83. The van der Waals surface area contributed by atoms with E-state index in [1.807, 2.05) is 13.8 Å². The van der Waals surface area contributed by atoms with E-state index in [4.69, 9.17) is 4.42 Å². The van der Waals surface area contributed by atoms with Crippen LogP contribution in [-0.2, 0) is 0 Å². The first-order chi connectivity index (χ1) is 7.11. The summed E-state index contributed by atoms with van der Waals surface area (Å²) in [6.45, 7) is 4.00. The van der Waals surface area contributed by atoms with Crippen molar-refractivity contribution in [2.24, 2.45) is 5.92 Å². The van der Waals surface area contributed by atoms with E-state index in [1.54, 1.807) is 6.07 Å². The molecule has 2 unspecified atom stereocenters. The van der Waals surface area contributed by atoms with Crippen LogP contribution in [-0.4, -0.2) is 16.3 Å². The molecule has 1 rings (SSSR count). The minimum Gasteiger partial charge on any atom is -0.465 e. The Labute approximate surface area is 98.2 Å². The number of halogens is 1. The number of rotatable bonds is 5. The molecule has 0 radical (unpaired) electrons. The van der Waals surface area contributed by atoms with Crippen molar-refractivity contribution in [3.8, 4) is 0 Å². The molecule has 0 spiro atoms. The molecule has 0 aromatic carbocycles. The first kappa shape index (κ1) is 12.7. The molecule has 0 aliphatic heterocycles. The molecule has 86 valence electrons. The van der Waals surface area contributed by atoms with E-state index in [1.165, 1.54) is 6.26 Å². The minimum atomic E-state index is -0.959. The fourth-order valence-corrected chi connectivity index (χ4v) is 2.14. The summed E-state index contributed by atoms with van der Waals surface area (Å²) in [7, 11) is 0. The fourth-order valence-electron chi connectivity index (χ4n) is 1.70. The van der Waals surface area contributed by atoms with Gasteiger partial charge >= 0.3 is 0 Å². The van der Waals surface area contributed by atoms with Crippen molar-refractivity contribution in [2.75, 3.05) is 0 Å². The highest BCUT2D eigenvalue weighted by Crippen LogP contribution is 2.31. The van der Waals surface area contributed by atoms with Gasteiger partial charge in [0.25, 0.3) is 0 Å². The zero-order valence-electron chi connectivity index (χ0n) is 8.98. The van der Waals surface area contributed by atoms with Gasteiger partial charge < -0.3 is 14.6 Å². The molecule has 0 aliphatic rings. The monoisotopic (exact) mass is 276 g/mol. The Hall–Kier alpha value is -0.320. The van der Waals surface area contributed by atoms with Crippen LogP contribution in [0.1, 0.15) is 38.6 Å². The number of furan rings is 1. The van der Waals surface area contributed by atoms with Gasteiger partial charge in [-0.15, -0.1) is 0 Å². The molecule has 0 fully saturated rings. The molecule has 2 atom stereocenters. The second kappa shape index (κ2) is 5.68. The van der Waals surface area contributed by atoms with Gasteiger partial charge in [0.1, 0.15) is 11.9 Å². The molecule has 0 amide bonds. The topological polar surface area (TPSA) is 53.6 Å². The third-order valence-corrected chi connectivity index (χ3v) is 3.42. The van der Waals surface area contributed by atoms with Crippen molar-refractivity contribution >= 4 is 15.9 Å². The Kier molecular flexibility index (Phi) is 4.83. The van der Waals surface area contributed by atoms with Gasteiger partial charge in [-0.3, -0.25) is 0 Å². The first-order valence-electron chi connectivity index (χ1n) is 5.20. The van der Waals surface area contributed by atoms with Gasteiger partial charge in [-0.1, -0.05) is 26.7 Å². The highest BCUT2D eigenvalue weighted by atomic mass is 79.9. The fraction of sp³-hybridized carbons (Fsp3) is 0.636. The highest BCUT2D eigenvalue weighted by Gasteiger charge is 2.28. The summed E-state index contributed by atoms with van der Waals surface area (Å²) in [4.78, 5) is 0. The maximum atomic E-state index is 9.94. The van der Waals surface area contributed by atoms with Crippen LogP contribution < -0.4 is 0 Å².